The highest BCUT2D eigenvalue weighted by atomic mass is 16.6. The highest BCUT2D eigenvalue weighted by Gasteiger charge is 2.25. The molecule has 1 fully saturated rings. The van der Waals surface area contributed by atoms with E-state index in [1.165, 1.54) is 25.3 Å². The van der Waals surface area contributed by atoms with E-state index in [1.54, 1.807) is 18.3 Å². The molecule has 26 heavy (non-hydrogen) atoms. The van der Waals surface area contributed by atoms with Crippen molar-refractivity contribution < 1.29 is 14.5 Å². The van der Waals surface area contributed by atoms with Gasteiger partial charge in [-0.15, -0.1) is 0 Å². The number of hydrogen-bond acceptors (Lipinski definition) is 6. The second kappa shape index (κ2) is 7.81. The van der Waals surface area contributed by atoms with Crippen molar-refractivity contribution in [2.75, 3.05) is 25.1 Å². The number of aromatic nitrogens is 2. The minimum Gasteiger partial charge on any atom is -0.466 e. The van der Waals surface area contributed by atoms with Crippen LogP contribution in [0.3, 0.4) is 0 Å². The van der Waals surface area contributed by atoms with Crippen LogP contribution < -0.4 is 4.90 Å². The Balaban J connectivity index is 1.76. The molecule has 0 amide bonds. The molecule has 1 aromatic carbocycles. The molecule has 0 atom stereocenters. The molecule has 136 valence electrons. The molecular weight excluding hydrogens is 336 g/mol. The summed E-state index contributed by atoms with van der Waals surface area (Å²) in [6.45, 7) is 1.47. The minimum atomic E-state index is -0.502. The van der Waals surface area contributed by atoms with E-state index in [4.69, 9.17) is 0 Å². The van der Waals surface area contributed by atoms with E-state index in [1.807, 2.05) is 17.4 Å². The molecule has 3 rings (SSSR count). The molecule has 2 heterocycles. The number of esters is 1. The number of hydrogen-bond donors (Lipinski definition) is 0. The summed E-state index contributed by atoms with van der Waals surface area (Å²) in [5.74, 6) is -0.502. The van der Waals surface area contributed by atoms with Crippen LogP contribution in [0.5, 0.6) is 0 Å². The van der Waals surface area contributed by atoms with Crippen LogP contribution in [-0.4, -0.2) is 40.6 Å². The molecule has 0 N–H and O–H groups in total. The third-order valence-electron chi connectivity index (χ3n) is 4.56. The Morgan fingerprint density at radius 1 is 1.38 bits per heavy atom. The van der Waals surface area contributed by atoms with Gasteiger partial charge in [-0.2, -0.15) is 0 Å². The number of carbonyl (C=O) groups excluding carboxylic acids is 1. The van der Waals surface area contributed by atoms with E-state index in [-0.39, 0.29) is 10.6 Å². The first-order chi connectivity index (χ1) is 12.6. The molecule has 8 nitrogen and oxygen atoms in total. The maximum Gasteiger partial charge on any atom is 0.330 e. The third kappa shape index (κ3) is 3.90. The highest BCUT2D eigenvalue weighted by Crippen LogP contribution is 2.33. The van der Waals surface area contributed by atoms with Gasteiger partial charge in [0.2, 0.25) is 0 Å². The third-order valence-corrected chi connectivity index (χ3v) is 4.56. The molecule has 1 aliphatic rings. The van der Waals surface area contributed by atoms with Crippen molar-refractivity contribution >= 4 is 23.4 Å². The average Bonchev–Trinajstić information content (AvgIpc) is 3.20. The molecule has 1 saturated heterocycles. The van der Waals surface area contributed by atoms with Crippen LogP contribution in [0.1, 0.15) is 24.4 Å². The Morgan fingerprint density at radius 2 is 2.15 bits per heavy atom. The van der Waals surface area contributed by atoms with Gasteiger partial charge < -0.3 is 14.2 Å². The Kier molecular flexibility index (Phi) is 5.31. The zero-order valence-corrected chi connectivity index (χ0v) is 14.4. The van der Waals surface area contributed by atoms with Crippen molar-refractivity contribution in [2.24, 2.45) is 0 Å². The maximum absolute atomic E-state index is 11.5. The van der Waals surface area contributed by atoms with E-state index >= 15 is 0 Å². The monoisotopic (exact) mass is 356 g/mol. The standard InChI is InChI=1S/C18H20N4O4/c1-26-18(23)5-3-14-2-4-16(17(12-14)22(24)25)20-9-6-15(7-10-20)21-11-8-19-13-21/h2-5,8,11-13,15H,6-7,9-10H2,1H3/b5-3+. The molecule has 0 aliphatic carbocycles. The van der Waals surface area contributed by atoms with Crippen molar-refractivity contribution in [3.63, 3.8) is 0 Å². The van der Waals surface area contributed by atoms with Crippen LogP contribution >= 0.6 is 0 Å². The molecule has 2 aromatic rings. The smallest absolute Gasteiger partial charge is 0.330 e. The number of anilines is 1. The summed E-state index contributed by atoms with van der Waals surface area (Å²) in [6, 6.07) is 5.36. The Hall–Kier alpha value is -3.16. The van der Waals surface area contributed by atoms with Crippen molar-refractivity contribution in [3.05, 3.63) is 58.7 Å². The SMILES string of the molecule is COC(=O)/C=C/c1ccc(N2CCC(n3ccnc3)CC2)c([N+](=O)[O-])c1. The van der Waals surface area contributed by atoms with Crippen LogP contribution in [0.15, 0.2) is 43.0 Å². The number of imidazole rings is 1. The summed E-state index contributed by atoms with van der Waals surface area (Å²) < 4.78 is 6.62. The molecule has 0 saturated carbocycles. The van der Waals surface area contributed by atoms with Gasteiger partial charge in [0.05, 0.1) is 18.4 Å². The first kappa shape index (κ1) is 17.7. The van der Waals surface area contributed by atoms with Crippen LogP contribution in [0, 0.1) is 10.1 Å². The highest BCUT2D eigenvalue weighted by molar-refractivity contribution is 5.87. The van der Waals surface area contributed by atoms with Crippen LogP contribution in [0.4, 0.5) is 11.4 Å². The van der Waals surface area contributed by atoms with Crippen LogP contribution in [0.25, 0.3) is 6.08 Å². The van der Waals surface area contributed by atoms with Gasteiger partial charge in [0.1, 0.15) is 5.69 Å². The fourth-order valence-corrected chi connectivity index (χ4v) is 3.18. The number of rotatable bonds is 5. The van der Waals surface area contributed by atoms with Crippen molar-refractivity contribution in [3.8, 4) is 0 Å². The predicted molar refractivity (Wildman–Crippen MR) is 96.9 cm³/mol. The second-order valence-electron chi connectivity index (χ2n) is 6.09. The molecule has 1 aromatic heterocycles. The summed E-state index contributed by atoms with van der Waals surface area (Å²) in [5.41, 5.74) is 1.23. The van der Waals surface area contributed by atoms with Crippen molar-refractivity contribution in [1.82, 2.24) is 9.55 Å². The first-order valence-corrected chi connectivity index (χ1v) is 8.35. The molecule has 0 radical (unpaired) electrons. The molecule has 1 aliphatic heterocycles. The number of nitrogens with zero attached hydrogens (tertiary/aromatic N) is 4. The lowest BCUT2D eigenvalue weighted by molar-refractivity contribution is -0.384. The topological polar surface area (TPSA) is 90.5 Å². The normalized spacial score (nSPS) is 15.3. The number of carbonyl (C=O) groups is 1. The van der Waals surface area contributed by atoms with Gasteiger partial charge in [0.15, 0.2) is 0 Å². The summed E-state index contributed by atoms with van der Waals surface area (Å²) in [4.78, 5) is 28.4. The number of ether oxygens (including phenoxy) is 1. The lowest BCUT2D eigenvalue weighted by atomic mass is 10.0. The largest absolute Gasteiger partial charge is 0.466 e. The fraction of sp³-hybridized carbons (Fsp3) is 0.333. The quantitative estimate of drug-likeness (QED) is 0.354. The number of nitro benzene ring substituents is 1. The zero-order valence-electron chi connectivity index (χ0n) is 14.4. The second-order valence-corrected chi connectivity index (χ2v) is 6.09. The number of methoxy groups -OCH3 is 1. The summed E-state index contributed by atoms with van der Waals surface area (Å²) in [5, 5.41) is 11.5. The lowest BCUT2D eigenvalue weighted by Crippen LogP contribution is -2.34. The van der Waals surface area contributed by atoms with Crippen molar-refractivity contribution in [1.29, 1.82) is 0 Å². The van der Waals surface area contributed by atoms with Crippen molar-refractivity contribution in [2.45, 2.75) is 18.9 Å². The molecule has 0 bridgehead atoms. The molecule has 0 spiro atoms. The van der Waals surface area contributed by atoms with Gasteiger partial charge in [0.25, 0.3) is 5.69 Å². The minimum absolute atomic E-state index is 0.0399. The van der Waals surface area contributed by atoms with Gasteiger partial charge in [-0.3, -0.25) is 10.1 Å². The van der Waals surface area contributed by atoms with Gasteiger partial charge in [-0.05, 0) is 30.5 Å². The molecule has 0 unspecified atom stereocenters. The van der Waals surface area contributed by atoms with E-state index < -0.39 is 5.97 Å². The van der Waals surface area contributed by atoms with E-state index in [2.05, 4.69) is 14.3 Å². The Labute approximate surface area is 150 Å². The molecular formula is C18H20N4O4. The summed E-state index contributed by atoms with van der Waals surface area (Å²) >= 11 is 0. The van der Waals surface area contributed by atoms with Gasteiger partial charge in [0, 0.05) is 43.7 Å². The summed E-state index contributed by atoms with van der Waals surface area (Å²) in [6.07, 6.45) is 10.1. The van der Waals surface area contributed by atoms with Gasteiger partial charge in [-0.25, -0.2) is 9.78 Å². The van der Waals surface area contributed by atoms with E-state index in [0.29, 0.717) is 17.3 Å². The molecule has 8 heteroatoms. The average molecular weight is 356 g/mol. The summed E-state index contributed by atoms with van der Waals surface area (Å²) in [7, 11) is 1.28. The van der Waals surface area contributed by atoms with Gasteiger partial charge >= 0.3 is 5.97 Å². The zero-order chi connectivity index (χ0) is 18.5. The number of piperidine rings is 1. The maximum atomic E-state index is 11.5. The lowest BCUT2D eigenvalue weighted by Gasteiger charge is -2.33. The van der Waals surface area contributed by atoms with E-state index in [9.17, 15) is 14.9 Å². The van der Waals surface area contributed by atoms with Crippen LogP contribution in [-0.2, 0) is 9.53 Å². The fourth-order valence-electron chi connectivity index (χ4n) is 3.18. The number of benzene rings is 1. The predicted octanol–water partition coefficient (Wildman–Crippen LogP) is 2.82. The Morgan fingerprint density at radius 3 is 2.77 bits per heavy atom. The Bertz CT molecular complexity index is 809. The van der Waals surface area contributed by atoms with Crippen LogP contribution in [0.2, 0.25) is 0 Å². The van der Waals surface area contributed by atoms with E-state index in [0.717, 1.165) is 25.9 Å². The first-order valence-electron chi connectivity index (χ1n) is 8.35. The van der Waals surface area contributed by atoms with Gasteiger partial charge in [-0.1, -0.05) is 6.07 Å². The number of nitro groups is 1.